The molecule has 172 valence electrons. The van der Waals surface area contributed by atoms with E-state index in [1.807, 2.05) is 71.4 Å². The molecule has 4 aromatic rings. The van der Waals surface area contributed by atoms with E-state index in [1.165, 1.54) is 4.90 Å². The molecule has 5 rings (SSSR count). The first-order valence-electron chi connectivity index (χ1n) is 11.1. The van der Waals surface area contributed by atoms with Gasteiger partial charge in [0.05, 0.1) is 36.4 Å². The number of anilines is 1. The molecule has 0 radical (unpaired) electrons. The zero-order valence-corrected chi connectivity index (χ0v) is 18.8. The van der Waals surface area contributed by atoms with Gasteiger partial charge in [0.25, 0.3) is 0 Å². The van der Waals surface area contributed by atoms with Crippen molar-refractivity contribution in [3.63, 3.8) is 0 Å². The third kappa shape index (κ3) is 4.43. The normalized spacial score (nSPS) is 13.0. The minimum absolute atomic E-state index is 0.0414. The van der Waals surface area contributed by atoms with Crippen LogP contribution in [0.15, 0.2) is 90.4 Å². The number of carbonyl (C=O) groups is 1. The van der Waals surface area contributed by atoms with Crippen LogP contribution in [-0.2, 0) is 4.79 Å². The van der Waals surface area contributed by atoms with Crippen molar-refractivity contribution in [2.75, 3.05) is 18.1 Å². The van der Waals surface area contributed by atoms with Crippen LogP contribution in [0.25, 0.3) is 16.8 Å². The second-order valence-electron chi connectivity index (χ2n) is 7.89. The van der Waals surface area contributed by atoms with Gasteiger partial charge in [-0.2, -0.15) is 0 Å². The molecule has 0 bridgehead atoms. The van der Waals surface area contributed by atoms with Crippen LogP contribution in [0.2, 0.25) is 0 Å². The van der Waals surface area contributed by atoms with Crippen molar-refractivity contribution in [2.45, 2.75) is 6.42 Å². The molecule has 1 amide bonds. The lowest BCUT2D eigenvalue weighted by Crippen LogP contribution is -2.26. The predicted molar refractivity (Wildman–Crippen MR) is 135 cm³/mol. The lowest BCUT2D eigenvalue weighted by molar-refractivity contribution is -0.116. The number of aliphatic hydroxyl groups is 1. The molecule has 0 saturated heterocycles. The number of ether oxygens (including phenoxy) is 1. The van der Waals surface area contributed by atoms with E-state index >= 15 is 0 Å². The lowest BCUT2D eigenvalue weighted by Gasteiger charge is -2.19. The summed E-state index contributed by atoms with van der Waals surface area (Å²) in [7, 11) is 0. The van der Waals surface area contributed by atoms with Crippen LogP contribution in [0.1, 0.15) is 12.0 Å². The molecular formula is C28H22N4O3. The van der Waals surface area contributed by atoms with Crippen molar-refractivity contribution in [1.82, 2.24) is 9.55 Å². The highest BCUT2D eigenvalue weighted by Crippen LogP contribution is 2.42. The Bertz CT molecular complexity index is 1440. The molecule has 7 heteroatoms. The van der Waals surface area contributed by atoms with Gasteiger partial charge in [0.15, 0.2) is 0 Å². The molecule has 0 aliphatic carbocycles. The van der Waals surface area contributed by atoms with E-state index < -0.39 is 0 Å². The molecule has 0 atom stereocenters. The van der Waals surface area contributed by atoms with Gasteiger partial charge in [0.2, 0.25) is 5.91 Å². The first-order chi connectivity index (χ1) is 17.2. The van der Waals surface area contributed by atoms with Crippen LogP contribution >= 0.6 is 0 Å². The average Bonchev–Trinajstić information content (AvgIpc) is 3.39. The summed E-state index contributed by atoms with van der Waals surface area (Å²) in [6.45, 7) is -0.00420. The van der Waals surface area contributed by atoms with E-state index in [4.69, 9.17) is 16.2 Å². The Morgan fingerprint density at radius 3 is 2.63 bits per heavy atom. The maximum atomic E-state index is 13.2. The van der Waals surface area contributed by atoms with Gasteiger partial charge in [0.1, 0.15) is 12.4 Å². The Morgan fingerprint density at radius 2 is 1.89 bits per heavy atom. The van der Waals surface area contributed by atoms with Crippen molar-refractivity contribution < 1.29 is 14.6 Å². The first kappa shape index (κ1) is 22.1. The molecule has 2 heterocycles. The van der Waals surface area contributed by atoms with Crippen LogP contribution < -0.4 is 9.64 Å². The van der Waals surface area contributed by atoms with E-state index in [-0.39, 0.29) is 25.5 Å². The van der Waals surface area contributed by atoms with Crippen LogP contribution in [-0.4, -0.2) is 39.5 Å². The quantitative estimate of drug-likeness (QED) is 0.432. The minimum Gasteiger partial charge on any atom is -0.490 e. The summed E-state index contributed by atoms with van der Waals surface area (Å²) in [5, 5.41) is 9.34. The summed E-state index contributed by atoms with van der Waals surface area (Å²) in [4.78, 5) is 23.5. The number of aromatic nitrogens is 2. The number of terminal acetylenes is 1. The summed E-state index contributed by atoms with van der Waals surface area (Å²) in [5.74, 6) is 0.298. The Morgan fingerprint density at radius 1 is 1.06 bits per heavy atom. The Hall–Kier alpha value is -4.67. The van der Waals surface area contributed by atoms with Gasteiger partial charge < -0.3 is 14.4 Å². The number of rotatable bonds is 6. The second kappa shape index (κ2) is 9.67. The van der Waals surface area contributed by atoms with Gasteiger partial charge in [-0.25, -0.2) is 14.9 Å². The fourth-order valence-electron chi connectivity index (χ4n) is 4.05. The monoisotopic (exact) mass is 462 g/mol. The molecule has 35 heavy (non-hydrogen) atoms. The zero-order valence-electron chi connectivity index (χ0n) is 18.8. The fourth-order valence-corrected chi connectivity index (χ4v) is 4.05. The summed E-state index contributed by atoms with van der Waals surface area (Å²) in [6, 6.07) is 23.5. The number of carbonyl (C=O) groups excluding carboxylic acids is 1. The van der Waals surface area contributed by atoms with E-state index in [2.05, 4.69) is 11.0 Å². The Balaban J connectivity index is 1.67. The number of amides is 1. The van der Waals surface area contributed by atoms with Gasteiger partial charge in [-0.1, -0.05) is 48.9 Å². The van der Waals surface area contributed by atoms with Gasteiger partial charge >= 0.3 is 0 Å². The van der Waals surface area contributed by atoms with Crippen molar-refractivity contribution in [3.05, 3.63) is 91.0 Å². The molecule has 1 aliphatic heterocycles. The summed E-state index contributed by atoms with van der Waals surface area (Å²) < 4.78 is 7.75. The smallest absolute Gasteiger partial charge is 0.244 e. The van der Waals surface area contributed by atoms with Crippen LogP contribution in [0.5, 0.6) is 5.75 Å². The number of hydrogen-bond donors (Lipinski definition) is 1. The standard InChI is InChI=1S/C28H22N4O3/c1-2-32-26-16-23(20-7-4-3-5-8-20)27(35-14-13-33)17-25(26)30-24(18-28(32)34)21-9-6-10-22(15-21)31-12-11-29-19-31/h1,3-12,15-17,19,33H,13-14,18H2. The molecule has 1 N–H and O–H groups in total. The fraction of sp³-hybridized carbons (Fsp3) is 0.107. The molecular weight excluding hydrogens is 440 g/mol. The SMILES string of the molecule is C#CN1C(=O)CC(c2cccc(-n3ccnc3)c2)=Nc2cc(OCCO)c(-c3ccccc3)cc21. The summed E-state index contributed by atoms with van der Waals surface area (Å²) in [6.07, 6.45) is 11.1. The van der Waals surface area contributed by atoms with Crippen molar-refractivity contribution in [1.29, 1.82) is 0 Å². The summed E-state index contributed by atoms with van der Waals surface area (Å²) >= 11 is 0. The van der Waals surface area contributed by atoms with Crippen molar-refractivity contribution in [2.24, 2.45) is 4.99 Å². The molecule has 7 nitrogen and oxygen atoms in total. The first-order valence-corrected chi connectivity index (χ1v) is 11.1. The van der Waals surface area contributed by atoms with Crippen LogP contribution in [0.3, 0.4) is 0 Å². The largest absolute Gasteiger partial charge is 0.490 e. The molecule has 3 aromatic carbocycles. The molecule has 0 fully saturated rings. The van der Waals surface area contributed by atoms with E-state index in [0.29, 0.717) is 22.8 Å². The second-order valence-corrected chi connectivity index (χ2v) is 7.89. The van der Waals surface area contributed by atoms with Gasteiger partial charge in [0, 0.05) is 35.8 Å². The molecule has 0 spiro atoms. The lowest BCUT2D eigenvalue weighted by atomic mass is 10.0. The number of nitrogens with zero attached hydrogens (tertiary/aromatic N) is 4. The number of aliphatic hydroxyl groups excluding tert-OH is 1. The predicted octanol–water partition coefficient (Wildman–Crippen LogP) is 4.36. The molecule has 1 aromatic heterocycles. The van der Waals surface area contributed by atoms with Gasteiger partial charge in [-0.15, -0.1) is 0 Å². The number of fused-ring (bicyclic) bond motifs is 1. The number of hydrogen-bond acceptors (Lipinski definition) is 5. The Kier molecular flexibility index (Phi) is 6.12. The highest BCUT2D eigenvalue weighted by atomic mass is 16.5. The maximum absolute atomic E-state index is 13.2. The topological polar surface area (TPSA) is 80.0 Å². The summed E-state index contributed by atoms with van der Waals surface area (Å²) in [5.41, 5.74) is 4.98. The van der Waals surface area contributed by atoms with Gasteiger partial charge in [-0.3, -0.25) is 4.79 Å². The number of aliphatic imine (C=N–C) groups is 1. The highest BCUT2D eigenvalue weighted by molar-refractivity contribution is 6.19. The number of benzene rings is 3. The third-order valence-corrected chi connectivity index (χ3v) is 5.69. The average molecular weight is 463 g/mol. The highest BCUT2D eigenvalue weighted by Gasteiger charge is 2.26. The van der Waals surface area contributed by atoms with Crippen molar-refractivity contribution >= 4 is 23.0 Å². The van der Waals surface area contributed by atoms with E-state index in [1.54, 1.807) is 18.6 Å². The molecule has 0 saturated carbocycles. The minimum atomic E-state index is -0.249. The maximum Gasteiger partial charge on any atom is 0.244 e. The van der Waals surface area contributed by atoms with Crippen LogP contribution in [0, 0.1) is 12.5 Å². The third-order valence-electron chi connectivity index (χ3n) is 5.69. The van der Waals surface area contributed by atoms with Gasteiger partial charge in [-0.05, 0) is 29.3 Å². The van der Waals surface area contributed by atoms with E-state index in [0.717, 1.165) is 22.4 Å². The van der Waals surface area contributed by atoms with E-state index in [9.17, 15) is 9.90 Å². The molecule has 1 aliphatic rings. The molecule has 0 unspecified atom stereocenters. The zero-order chi connectivity index (χ0) is 24.2. The van der Waals surface area contributed by atoms with Crippen molar-refractivity contribution in [3.8, 4) is 35.0 Å². The Labute approximate surface area is 203 Å². The van der Waals surface area contributed by atoms with Crippen LogP contribution in [0.4, 0.5) is 11.4 Å². The number of imidazole rings is 1.